The highest BCUT2D eigenvalue weighted by molar-refractivity contribution is 8.00. The Kier molecular flexibility index (Phi) is 11.4. The molecule has 9 atom stereocenters. The predicted molar refractivity (Wildman–Crippen MR) is 158 cm³/mol. The Morgan fingerprint density at radius 2 is 1.82 bits per heavy atom. The van der Waals surface area contributed by atoms with Gasteiger partial charge in [-0.25, -0.2) is 0 Å². The van der Waals surface area contributed by atoms with Gasteiger partial charge in [-0.15, -0.1) is 23.5 Å². The summed E-state index contributed by atoms with van der Waals surface area (Å²) in [6, 6.07) is 7.59. The van der Waals surface area contributed by atoms with E-state index in [0.717, 1.165) is 43.2 Å². The van der Waals surface area contributed by atoms with Crippen molar-refractivity contribution in [2.45, 2.75) is 97.5 Å². The number of carbonyl (C=O) groups is 1. The van der Waals surface area contributed by atoms with E-state index in [0.29, 0.717) is 5.92 Å². The Morgan fingerprint density at radius 1 is 1.10 bits per heavy atom. The molecule has 0 aromatic heterocycles. The molecule has 4 rings (SSSR count). The fourth-order valence-corrected chi connectivity index (χ4v) is 7.48. The molecular formula is C29H47N3O5S2. The molecule has 0 bridgehead atoms. The second-order valence-corrected chi connectivity index (χ2v) is 14.2. The first-order chi connectivity index (χ1) is 18.7. The molecule has 1 aromatic carbocycles. The van der Waals surface area contributed by atoms with Gasteiger partial charge in [0.05, 0.1) is 12.1 Å². The molecule has 2 saturated heterocycles. The van der Waals surface area contributed by atoms with Crippen molar-refractivity contribution < 1.29 is 24.9 Å². The minimum atomic E-state index is -1.36. The molecule has 2 heterocycles. The predicted octanol–water partition coefficient (Wildman–Crippen LogP) is 2.10. The number of ether oxygens (including phenoxy) is 1. The molecule has 220 valence electrons. The summed E-state index contributed by atoms with van der Waals surface area (Å²) in [7, 11) is 4.13. The van der Waals surface area contributed by atoms with Crippen molar-refractivity contribution in [1.82, 2.24) is 15.5 Å². The molecule has 1 aromatic rings. The number of hydrogen-bond donors (Lipinski definition) is 5. The summed E-state index contributed by atoms with van der Waals surface area (Å²) in [5.74, 6) is 1.29. The summed E-state index contributed by atoms with van der Waals surface area (Å²) in [6.07, 6.45) is 3.77. The van der Waals surface area contributed by atoms with Gasteiger partial charge in [0, 0.05) is 16.7 Å². The highest BCUT2D eigenvalue weighted by atomic mass is 32.2. The van der Waals surface area contributed by atoms with Crippen molar-refractivity contribution in [3.63, 3.8) is 0 Å². The molecule has 1 unspecified atom stereocenters. The molecule has 8 nitrogen and oxygen atoms in total. The Labute approximate surface area is 242 Å². The van der Waals surface area contributed by atoms with Gasteiger partial charge in [0.25, 0.3) is 0 Å². The van der Waals surface area contributed by atoms with Crippen molar-refractivity contribution >= 4 is 29.4 Å². The molecule has 1 aliphatic carbocycles. The van der Waals surface area contributed by atoms with Crippen LogP contribution in [0.5, 0.6) is 0 Å². The van der Waals surface area contributed by atoms with Gasteiger partial charge in [0.2, 0.25) is 5.91 Å². The molecule has 0 spiro atoms. The van der Waals surface area contributed by atoms with Gasteiger partial charge < -0.3 is 35.6 Å². The molecule has 1 amide bonds. The Bertz CT molecular complexity index is 917. The summed E-state index contributed by atoms with van der Waals surface area (Å²) in [5.41, 5.74) is 0.567. The highest BCUT2D eigenvalue weighted by Crippen LogP contribution is 2.38. The number of benzene rings is 1. The van der Waals surface area contributed by atoms with Gasteiger partial charge in [-0.1, -0.05) is 31.9 Å². The van der Waals surface area contributed by atoms with E-state index >= 15 is 0 Å². The van der Waals surface area contributed by atoms with Gasteiger partial charge >= 0.3 is 0 Å². The fraction of sp³-hybridized carbons (Fsp3) is 0.759. The van der Waals surface area contributed by atoms with E-state index < -0.39 is 35.9 Å². The summed E-state index contributed by atoms with van der Waals surface area (Å²) in [5, 5.41) is 38.5. The first-order valence-electron chi connectivity index (χ1n) is 14.3. The number of rotatable bonds is 12. The van der Waals surface area contributed by atoms with Crippen LogP contribution in [-0.4, -0.2) is 107 Å². The van der Waals surface area contributed by atoms with Crippen LogP contribution in [0.15, 0.2) is 29.2 Å². The van der Waals surface area contributed by atoms with E-state index in [2.05, 4.69) is 53.9 Å². The summed E-state index contributed by atoms with van der Waals surface area (Å²) >= 11 is 2.89. The molecule has 3 aliphatic rings. The Balaban J connectivity index is 1.48. The third kappa shape index (κ3) is 8.58. The zero-order valence-corrected chi connectivity index (χ0v) is 25.3. The Hall–Kier alpha value is -0.850. The summed E-state index contributed by atoms with van der Waals surface area (Å²) in [4.78, 5) is 16.8. The topological polar surface area (TPSA) is 114 Å². The van der Waals surface area contributed by atoms with Crippen LogP contribution in [0.3, 0.4) is 0 Å². The monoisotopic (exact) mass is 581 g/mol. The number of aliphatic hydroxyl groups is 3. The molecule has 3 fully saturated rings. The van der Waals surface area contributed by atoms with E-state index in [1.54, 1.807) is 18.0 Å². The summed E-state index contributed by atoms with van der Waals surface area (Å²) < 4.78 is 6.15. The number of piperidine rings is 1. The standard InChI is InChI=1S/C29H47N3O5S2/c1-17(39-21-9-7-18(8-10-21)12-14-32(2)3)23(27-25(34)24(33)26(35)29(37-27)38-4)31-28(36)22-16-20(11-13-30-22)15-19-5-6-19/h7-10,17,19-20,22-27,29-30,33-35H,5-6,11-16H2,1-4H3,(H,31,36)/t17-,20-,22-,23-,24-,25+,26+,27?,29+/m0/s1. The van der Waals surface area contributed by atoms with E-state index in [4.69, 9.17) is 4.74 Å². The zero-order valence-electron chi connectivity index (χ0n) is 23.7. The van der Waals surface area contributed by atoms with Gasteiger partial charge in [-0.3, -0.25) is 4.79 Å². The molecule has 0 radical (unpaired) electrons. The van der Waals surface area contributed by atoms with Gasteiger partial charge in [0.1, 0.15) is 29.9 Å². The number of thioether (sulfide) groups is 2. The van der Waals surface area contributed by atoms with Gasteiger partial charge in [-0.05, 0) is 82.1 Å². The van der Waals surface area contributed by atoms with Crippen molar-refractivity contribution in [2.75, 3.05) is 33.4 Å². The number of nitrogens with one attached hydrogen (secondary N) is 2. The smallest absolute Gasteiger partial charge is 0.237 e. The van der Waals surface area contributed by atoms with E-state index in [9.17, 15) is 20.1 Å². The average molecular weight is 582 g/mol. The normalized spacial score (nSPS) is 33.1. The lowest BCUT2D eigenvalue weighted by Gasteiger charge is -2.45. The van der Waals surface area contributed by atoms with Gasteiger partial charge in [0.15, 0.2) is 0 Å². The van der Waals surface area contributed by atoms with Crippen LogP contribution in [0.1, 0.15) is 44.6 Å². The van der Waals surface area contributed by atoms with Crippen molar-refractivity contribution in [3.8, 4) is 0 Å². The van der Waals surface area contributed by atoms with Crippen LogP contribution in [0.2, 0.25) is 0 Å². The van der Waals surface area contributed by atoms with Crippen molar-refractivity contribution in [2.24, 2.45) is 11.8 Å². The highest BCUT2D eigenvalue weighted by Gasteiger charge is 2.48. The average Bonchev–Trinajstić information content (AvgIpc) is 3.74. The van der Waals surface area contributed by atoms with Crippen LogP contribution in [0.25, 0.3) is 0 Å². The number of likely N-dealkylation sites (N-methyl/N-ethyl adjacent to an activating group) is 1. The number of aliphatic hydroxyl groups excluding tert-OH is 3. The van der Waals surface area contributed by atoms with Crippen LogP contribution in [0.4, 0.5) is 0 Å². The number of amides is 1. The third-order valence-electron chi connectivity index (χ3n) is 8.29. The Morgan fingerprint density at radius 3 is 2.46 bits per heavy atom. The lowest BCUT2D eigenvalue weighted by atomic mass is 9.87. The lowest BCUT2D eigenvalue weighted by molar-refractivity contribution is -0.205. The number of nitrogens with zero attached hydrogens (tertiary/aromatic N) is 1. The first kappa shape index (κ1) is 31.1. The van der Waals surface area contributed by atoms with E-state index in [1.165, 1.54) is 36.6 Å². The van der Waals surface area contributed by atoms with Crippen LogP contribution in [0, 0.1) is 11.8 Å². The molecule has 2 aliphatic heterocycles. The molecule has 39 heavy (non-hydrogen) atoms. The van der Waals surface area contributed by atoms with Crippen molar-refractivity contribution in [3.05, 3.63) is 29.8 Å². The minimum Gasteiger partial charge on any atom is -0.388 e. The van der Waals surface area contributed by atoms with Gasteiger partial charge in [-0.2, -0.15) is 0 Å². The molecule has 1 saturated carbocycles. The molecule has 5 N–H and O–H groups in total. The minimum absolute atomic E-state index is 0.0934. The second kappa shape index (κ2) is 14.4. The summed E-state index contributed by atoms with van der Waals surface area (Å²) in [6.45, 7) is 3.82. The van der Waals surface area contributed by atoms with E-state index in [1.807, 2.05) is 6.92 Å². The second-order valence-electron chi connectivity index (χ2n) is 11.8. The largest absolute Gasteiger partial charge is 0.388 e. The zero-order chi connectivity index (χ0) is 28.1. The van der Waals surface area contributed by atoms with Crippen LogP contribution >= 0.6 is 23.5 Å². The van der Waals surface area contributed by atoms with E-state index in [-0.39, 0.29) is 17.2 Å². The van der Waals surface area contributed by atoms with Crippen molar-refractivity contribution in [1.29, 1.82) is 0 Å². The lowest BCUT2D eigenvalue weighted by Crippen LogP contribution is -2.65. The third-order valence-corrected chi connectivity index (χ3v) is 10.4. The molecule has 10 heteroatoms. The maximum Gasteiger partial charge on any atom is 0.237 e. The maximum atomic E-state index is 13.6. The molecular weight excluding hydrogens is 534 g/mol. The number of carbonyl (C=O) groups excluding carboxylic acids is 1. The fourth-order valence-electron chi connectivity index (χ4n) is 5.71. The van der Waals surface area contributed by atoms with Crippen LogP contribution < -0.4 is 10.6 Å². The maximum absolute atomic E-state index is 13.6. The SMILES string of the molecule is CS[C@H]1OC([C@@H](NC(=O)[C@@H]2C[C@H](CC3CC3)CCN2)[C@H](C)Sc2ccc(CCN(C)C)cc2)[C@H](O)[C@H](O)[C@H]1O. The first-order valence-corrected chi connectivity index (χ1v) is 16.5. The van der Waals surface area contributed by atoms with Crippen LogP contribution in [-0.2, 0) is 16.0 Å². The quantitative estimate of drug-likeness (QED) is 0.237. The number of hydrogen-bond acceptors (Lipinski definition) is 9.